The summed E-state index contributed by atoms with van der Waals surface area (Å²) in [6.45, 7) is 8.93. The lowest BCUT2D eigenvalue weighted by Crippen LogP contribution is -2.11. The molecule has 0 saturated heterocycles. The van der Waals surface area contributed by atoms with Gasteiger partial charge in [0.15, 0.2) is 0 Å². The first-order valence-corrected chi connectivity index (χ1v) is 14.9. The van der Waals surface area contributed by atoms with Gasteiger partial charge in [-0.2, -0.15) is 0 Å². The third kappa shape index (κ3) is 26.1. The van der Waals surface area contributed by atoms with Gasteiger partial charge < -0.3 is 4.74 Å². The molecule has 0 fully saturated rings. The predicted octanol–water partition coefficient (Wildman–Crippen LogP) is 11.0. The highest BCUT2D eigenvalue weighted by Crippen LogP contribution is 2.20. The van der Waals surface area contributed by atoms with Crippen LogP contribution < -0.4 is 0 Å². The van der Waals surface area contributed by atoms with Gasteiger partial charge in [0.25, 0.3) is 0 Å². The van der Waals surface area contributed by atoms with Crippen molar-refractivity contribution in [1.82, 2.24) is 0 Å². The van der Waals surface area contributed by atoms with Crippen LogP contribution in [0.15, 0.2) is 0 Å². The lowest BCUT2D eigenvalue weighted by Gasteiger charge is -2.17. The Morgan fingerprint density at radius 3 is 1.10 bits per heavy atom. The summed E-state index contributed by atoms with van der Waals surface area (Å²) in [5, 5.41) is 0. The molecule has 0 aliphatic heterocycles. The first-order chi connectivity index (χ1) is 15.3. The molecule has 0 aliphatic carbocycles. The fraction of sp³-hybridized carbons (Fsp3) is 1.00. The molecule has 0 aromatic heterocycles. The summed E-state index contributed by atoms with van der Waals surface area (Å²) in [6.07, 6.45) is 33.9. The van der Waals surface area contributed by atoms with E-state index in [4.69, 9.17) is 4.74 Å². The number of hydrogen-bond donors (Lipinski definition) is 0. The van der Waals surface area contributed by atoms with Crippen molar-refractivity contribution >= 4 is 0 Å². The first-order valence-electron chi connectivity index (χ1n) is 14.9. The van der Waals surface area contributed by atoms with Gasteiger partial charge in [0.1, 0.15) is 0 Å². The Kier molecular flexibility index (Phi) is 28.0. The lowest BCUT2D eigenvalue weighted by molar-refractivity contribution is 0.0878. The monoisotopic (exact) mass is 438 g/mol. The van der Waals surface area contributed by atoms with Gasteiger partial charge in [0.05, 0.1) is 0 Å². The maximum atomic E-state index is 6.15. The zero-order valence-corrected chi connectivity index (χ0v) is 22.4. The van der Waals surface area contributed by atoms with Crippen LogP contribution in [-0.2, 0) is 4.74 Å². The molecule has 0 amide bonds. The predicted molar refractivity (Wildman–Crippen MR) is 142 cm³/mol. The Morgan fingerprint density at radius 2 is 0.710 bits per heavy atom. The highest BCUT2D eigenvalue weighted by atomic mass is 16.5. The van der Waals surface area contributed by atoms with Crippen molar-refractivity contribution in [3.8, 4) is 0 Å². The van der Waals surface area contributed by atoms with Gasteiger partial charge in [0.2, 0.25) is 0 Å². The van der Waals surface area contributed by atoms with E-state index in [0.717, 1.165) is 19.1 Å². The molecule has 0 N–H and O–H groups in total. The summed E-state index contributed by atoms with van der Waals surface area (Å²) >= 11 is 0. The molecule has 0 aromatic rings. The van der Waals surface area contributed by atoms with Gasteiger partial charge in [-0.3, -0.25) is 0 Å². The van der Waals surface area contributed by atoms with Gasteiger partial charge >= 0.3 is 0 Å². The van der Waals surface area contributed by atoms with Crippen molar-refractivity contribution in [3.63, 3.8) is 0 Å². The van der Waals surface area contributed by atoms with Gasteiger partial charge in [-0.25, -0.2) is 0 Å². The highest BCUT2D eigenvalue weighted by molar-refractivity contribution is 4.61. The van der Waals surface area contributed by atoms with E-state index in [1.54, 1.807) is 0 Å². The minimum Gasteiger partial charge on any atom is -0.381 e. The second-order valence-electron chi connectivity index (χ2n) is 10.2. The Morgan fingerprint density at radius 1 is 0.387 bits per heavy atom. The molecule has 0 rings (SSSR count). The van der Waals surface area contributed by atoms with E-state index < -0.39 is 0 Å². The summed E-state index contributed by atoms with van der Waals surface area (Å²) in [7, 11) is 0. The van der Waals surface area contributed by atoms with Crippen LogP contribution in [0.2, 0.25) is 0 Å². The van der Waals surface area contributed by atoms with Crippen LogP contribution in [0.3, 0.4) is 0 Å². The summed E-state index contributed by atoms with van der Waals surface area (Å²) in [5.74, 6) is 0.820. The third-order valence-electron chi connectivity index (χ3n) is 6.93. The molecular formula is C30H62O. The van der Waals surface area contributed by atoms with Crippen LogP contribution in [0.25, 0.3) is 0 Å². The minimum absolute atomic E-state index is 0.820. The Hall–Kier alpha value is -0.0400. The zero-order chi connectivity index (χ0) is 22.7. The third-order valence-corrected chi connectivity index (χ3v) is 6.93. The molecule has 0 radical (unpaired) electrons. The van der Waals surface area contributed by atoms with Gasteiger partial charge in [-0.05, 0) is 25.2 Å². The molecule has 1 heteroatoms. The Balaban J connectivity index is 3.81. The van der Waals surface area contributed by atoms with Crippen LogP contribution in [0.5, 0.6) is 0 Å². The van der Waals surface area contributed by atoms with Crippen LogP contribution in [-0.4, -0.2) is 13.2 Å². The SMILES string of the molecule is CCCCCCCCCCCC(CCCCCCCCC)COCCCCCCCC. The van der Waals surface area contributed by atoms with Gasteiger partial charge in [-0.15, -0.1) is 0 Å². The second-order valence-corrected chi connectivity index (χ2v) is 10.2. The molecule has 0 saturated carbocycles. The average molecular weight is 439 g/mol. The molecule has 0 aromatic carbocycles. The second kappa shape index (κ2) is 28.0. The molecule has 0 aliphatic rings. The van der Waals surface area contributed by atoms with Crippen molar-refractivity contribution in [2.75, 3.05) is 13.2 Å². The van der Waals surface area contributed by atoms with Gasteiger partial charge in [0, 0.05) is 13.2 Å². The average Bonchev–Trinajstić information content (AvgIpc) is 2.78. The number of rotatable bonds is 27. The fourth-order valence-corrected chi connectivity index (χ4v) is 4.68. The van der Waals surface area contributed by atoms with Crippen molar-refractivity contribution in [3.05, 3.63) is 0 Å². The number of hydrogen-bond acceptors (Lipinski definition) is 1. The van der Waals surface area contributed by atoms with Crippen LogP contribution in [0.1, 0.15) is 175 Å². The minimum atomic E-state index is 0.820. The molecule has 0 heterocycles. The quantitative estimate of drug-likeness (QED) is 0.116. The van der Waals surface area contributed by atoms with Crippen molar-refractivity contribution in [2.45, 2.75) is 175 Å². The summed E-state index contributed by atoms with van der Waals surface area (Å²) < 4.78 is 6.15. The molecule has 0 bridgehead atoms. The fourth-order valence-electron chi connectivity index (χ4n) is 4.68. The molecule has 1 unspecified atom stereocenters. The molecule has 31 heavy (non-hydrogen) atoms. The summed E-state index contributed by atoms with van der Waals surface area (Å²) in [5.41, 5.74) is 0. The van der Waals surface area contributed by atoms with Crippen molar-refractivity contribution in [2.24, 2.45) is 5.92 Å². The largest absolute Gasteiger partial charge is 0.381 e. The molecular weight excluding hydrogens is 376 g/mol. The van der Waals surface area contributed by atoms with E-state index in [1.807, 2.05) is 0 Å². The smallest absolute Gasteiger partial charge is 0.0494 e. The summed E-state index contributed by atoms with van der Waals surface area (Å²) in [4.78, 5) is 0. The van der Waals surface area contributed by atoms with E-state index in [1.165, 1.54) is 154 Å². The van der Waals surface area contributed by atoms with E-state index in [0.29, 0.717) is 0 Å². The maximum Gasteiger partial charge on any atom is 0.0494 e. The van der Waals surface area contributed by atoms with E-state index in [-0.39, 0.29) is 0 Å². The zero-order valence-electron chi connectivity index (χ0n) is 22.4. The van der Waals surface area contributed by atoms with Crippen LogP contribution >= 0.6 is 0 Å². The number of ether oxygens (including phenoxy) is 1. The van der Waals surface area contributed by atoms with Gasteiger partial charge in [-0.1, -0.05) is 156 Å². The molecule has 1 nitrogen and oxygen atoms in total. The lowest BCUT2D eigenvalue weighted by atomic mass is 9.94. The van der Waals surface area contributed by atoms with Crippen molar-refractivity contribution < 1.29 is 4.74 Å². The topological polar surface area (TPSA) is 9.23 Å². The van der Waals surface area contributed by atoms with E-state index >= 15 is 0 Å². The van der Waals surface area contributed by atoms with Crippen LogP contribution in [0, 0.1) is 5.92 Å². The summed E-state index contributed by atoms with van der Waals surface area (Å²) in [6, 6.07) is 0. The Labute approximate surface area is 198 Å². The molecule has 1 atom stereocenters. The first kappa shape index (κ1) is 31.0. The maximum absolute atomic E-state index is 6.15. The van der Waals surface area contributed by atoms with Crippen molar-refractivity contribution in [1.29, 1.82) is 0 Å². The van der Waals surface area contributed by atoms with Crippen LogP contribution in [0.4, 0.5) is 0 Å². The molecule has 188 valence electrons. The number of unbranched alkanes of at least 4 members (excludes halogenated alkanes) is 19. The molecule has 0 spiro atoms. The Bertz CT molecular complexity index is 301. The van der Waals surface area contributed by atoms with E-state index in [9.17, 15) is 0 Å². The van der Waals surface area contributed by atoms with E-state index in [2.05, 4.69) is 20.8 Å². The highest BCUT2D eigenvalue weighted by Gasteiger charge is 2.09. The normalized spacial score (nSPS) is 12.5. The standard InChI is InChI=1S/C30H62O/c1-4-7-10-13-16-17-19-21-24-27-30(26-23-20-18-14-11-8-5-2)29-31-28-25-22-15-12-9-6-3/h30H,4-29H2,1-3H3.